The Labute approximate surface area is 176 Å². The largest absolute Gasteiger partial charge is 0.489 e. The maximum Gasteiger partial charge on any atom is 0.265 e. The normalized spacial score (nSPS) is 14.6. The lowest BCUT2D eigenvalue weighted by molar-refractivity contribution is -0.132. The summed E-state index contributed by atoms with van der Waals surface area (Å²) in [4.78, 5) is 27.3. The molecule has 0 bridgehead atoms. The first-order valence-electron chi connectivity index (χ1n) is 8.16. The minimum Gasteiger partial charge on any atom is -0.489 e. The Morgan fingerprint density at radius 1 is 0.963 bits per heavy atom. The number of likely N-dealkylation sites (N-methyl/N-ethyl adjacent to an activating group) is 2. The van der Waals surface area contributed by atoms with Gasteiger partial charge in [0.25, 0.3) is 11.8 Å². The summed E-state index contributed by atoms with van der Waals surface area (Å²) in [6.45, 7) is 0.474. The highest BCUT2D eigenvalue weighted by atomic mass is 127. The fourth-order valence-corrected chi connectivity index (χ4v) is 3.07. The van der Waals surface area contributed by atoms with Gasteiger partial charge in [-0.1, -0.05) is 24.3 Å². The van der Waals surface area contributed by atoms with E-state index in [-0.39, 0.29) is 10.7 Å². The van der Waals surface area contributed by atoms with Crippen molar-refractivity contribution in [3.8, 4) is 5.75 Å². The van der Waals surface area contributed by atoms with E-state index in [0.717, 1.165) is 11.1 Å². The smallest absolute Gasteiger partial charge is 0.265 e. The van der Waals surface area contributed by atoms with Gasteiger partial charge in [-0.15, -0.1) is 0 Å². The van der Waals surface area contributed by atoms with Crippen LogP contribution in [0.4, 0.5) is 0 Å². The molecular formula is C20H17IN2O3S. The lowest BCUT2D eigenvalue weighted by Gasteiger charge is -2.31. The minimum absolute atomic E-state index is 0.0844. The van der Waals surface area contributed by atoms with Crippen LogP contribution in [0.25, 0.3) is 6.08 Å². The maximum atomic E-state index is 12.3. The second-order valence-electron chi connectivity index (χ2n) is 6.05. The molecule has 1 heterocycles. The minimum atomic E-state index is -0.401. The van der Waals surface area contributed by atoms with E-state index in [0.29, 0.717) is 12.4 Å². The van der Waals surface area contributed by atoms with Gasteiger partial charge < -0.3 is 4.74 Å². The molecule has 1 saturated heterocycles. The van der Waals surface area contributed by atoms with Crippen LogP contribution < -0.4 is 4.74 Å². The van der Waals surface area contributed by atoms with Crippen molar-refractivity contribution in [2.45, 2.75) is 6.61 Å². The van der Waals surface area contributed by atoms with Crippen molar-refractivity contribution < 1.29 is 14.3 Å². The zero-order valence-electron chi connectivity index (χ0n) is 14.8. The molecule has 7 heteroatoms. The fraction of sp³-hybridized carbons (Fsp3) is 0.150. The number of carbonyl (C=O) groups is 2. The summed E-state index contributed by atoms with van der Waals surface area (Å²) < 4.78 is 6.96. The molecule has 0 aliphatic carbocycles. The van der Waals surface area contributed by atoms with E-state index in [1.807, 2.05) is 48.5 Å². The second kappa shape index (κ2) is 8.18. The highest BCUT2D eigenvalue weighted by molar-refractivity contribution is 14.1. The molecule has 0 aromatic heterocycles. The zero-order chi connectivity index (χ0) is 19.6. The molecule has 1 fully saturated rings. The van der Waals surface area contributed by atoms with Crippen LogP contribution in [0.1, 0.15) is 11.1 Å². The first kappa shape index (κ1) is 19.5. The highest BCUT2D eigenvalue weighted by Crippen LogP contribution is 2.20. The van der Waals surface area contributed by atoms with Gasteiger partial charge in [-0.3, -0.25) is 19.4 Å². The number of thiocarbonyl (C=S) groups is 1. The number of rotatable bonds is 4. The van der Waals surface area contributed by atoms with Crippen LogP contribution in [-0.4, -0.2) is 40.8 Å². The van der Waals surface area contributed by atoms with E-state index < -0.39 is 11.8 Å². The van der Waals surface area contributed by atoms with Gasteiger partial charge >= 0.3 is 0 Å². The number of nitrogens with zero attached hydrogens (tertiary/aromatic N) is 2. The third-order valence-corrected chi connectivity index (χ3v) is 5.42. The van der Waals surface area contributed by atoms with Gasteiger partial charge in [0.05, 0.1) is 0 Å². The molecule has 1 aliphatic heterocycles. The molecule has 5 nitrogen and oxygen atoms in total. The van der Waals surface area contributed by atoms with Crippen molar-refractivity contribution in [3.05, 3.63) is 68.8 Å². The monoisotopic (exact) mass is 492 g/mol. The summed E-state index contributed by atoms with van der Waals surface area (Å²) in [6.07, 6.45) is 1.57. The third-order valence-electron chi connectivity index (χ3n) is 4.15. The van der Waals surface area contributed by atoms with Crippen LogP contribution in [0.3, 0.4) is 0 Å². The van der Waals surface area contributed by atoms with Gasteiger partial charge in [-0.25, -0.2) is 0 Å². The van der Waals surface area contributed by atoms with Gasteiger partial charge in [-0.2, -0.15) is 0 Å². The summed E-state index contributed by atoms with van der Waals surface area (Å²) in [6, 6.07) is 15.4. The van der Waals surface area contributed by atoms with E-state index in [1.54, 1.807) is 20.2 Å². The van der Waals surface area contributed by atoms with E-state index in [9.17, 15) is 9.59 Å². The lowest BCUT2D eigenvalue weighted by atomic mass is 10.1. The SMILES string of the molecule is CN1C(=O)C(=Cc2ccc(OCc3ccc(I)cc3)cc2)C(=O)N(C)C1=S. The fourth-order valence-electron chi connectivity index (χ4n) is 2.55. The molecule has 2 aromatic rings. The van der Waals surface area contributed by atoms with Crippen LogP contribution in [0.2, 0.25) is 0 Å². The Balaban J connectivity index is 1.72. The number of ether oxygens (including phenoxy) is 1. The van der Waals surface area contributed by atoms with Crippen molar-refractivity contribution in [3.63, 3.8) is 0 Å². The van der Waals surface area contributed by atoms with Crippen LogP contribution in [0, 0.1) is 3.57 Å². The summed E-state index contributed by atoms with van der Waals surface area (Å²) in [7, 11) is 3.12. The number of amides is 2. The van der Waals surface area contributed by atoms with Crippen molar-refractivity contribution in [2.75, 3.05) is 14.1 Å². The van der Waals surface area contributed by atoms with Crippen molar-refractivity contribution in [2.24, 2.45) is 0 Å². The third kappa shape index (κ3) is 4.36. The summed E-state index contributed by atoms with van der Waals surface area (Å²) in [5.41, 5.74) is 1.91. The predicted octanol–water partition coefficient (Wildman–Crippen LogP) is 3.47. The maximum absolute atomic E-state index is 12.3. The number of hydrogen-bond acceptors (Lipinski definition) is 4. The number of halogens is 1. The topological polar surface area (TPSA) is 49.9 Å². The van der Waals surface area contributed by atoms with Crippen LogP contribution in [-0.2, 0) is 16.2 Å². The second-order valence-corrected chi connectivity index (χ2v) is 7.66. The first-order valence-corrected chi connectivity index (χ1v) is 9.64. The molecule has 0 saturated carbocycles. The molecule has 0 radical (unpaired) electrons. The van der Waals surface area contributed by atoms with Gasteiger partial charge in [0.1, 0.15) is 17.9 Å². The number of carbonyl (C=O) groups excluding carboxylic acids is 2. The number of hydrogen-bond donors (Lipinski definition) is 0. The molecule has 3 rings (SSSR count). The van der Waals surface area contributed by atoms with Gasteiger partial charge in [0.2, 0.25) is 0 Å². The Kier molecular flexibility index (Phi) is 5.91. The molecule has 0 atom stereocenters. The Bertz CT molecular complexity index is 897. The van der Waals surface area contributed by atoms with Gasteiger partial charge in [0, 0.05) is 17.7 Å². The molecule has 27 heavy (non-hydrogen) atoms. The average Bonchev–Trinajstić information content (AvgIpc) is 2.69. The Morgan fingerprint density at radius 3 is 2.07 bits per heavy atom. The lowest BCUT2D eigenvalue weighted by Crippen LogP contribution is -2.52. The van der Waals surface area contributed by atoms with Crippen LogP contribution >= 0.6 is 34.8 Å². The Morgan fingerprint density at radius 2 is 1.52 bits per heavy atom. The molecule has 2 aromatic carbocycles. The molecule has 0 unspecified atom stereocenters. The van der Waals surface area contributed by atoms with Crippen LogP contribution in [0.5, 0.6) is 5.75 Å². The van der Waals surface area contributed by atoms with E-state index in [4.69, 9.17) is 17.0 Å². The number of benzene rings is 2. The standard InChI is InChI=1S/C20H17IN2O3S/c1-22-18(24)17(19(25)23(2)20(22)27)11-13-5-9-16(10-6-13)26-12-14-3-7-15(21)8-4-14/h3-11H,12H2,1-2H3. The van der Waals surface area contributed by atoms with E-state index in [1.165, 1.54) is 13.4 Å². The van der Waals surface area contributed by atoms with Crippen LogP contribution in [0.15, 0.2) is 54.1 Å². The molecule has 1 aliphatic rings. The highest BCUT2D eigenvalue weighted by Gasteiger charge is 2.35. The van der Waals surface area contributed by atoms with Crippen molar-refractivity contribution in [1.29, 1.82) is 0 Å². The zero-order valence-corrected chi connectivity index (χ0v) is 17.8. The summed E-state index contributed by atoms with van der Waals surface area (Å²) in [5.74, 6) is -0.0864. The van der Waals surface area contributed by atoms with Gasteiger partial charge in [0.15, 0.2) is 5.11 Å². The molecule has 0 N–H and O–H groups in total. The van der Waals surface area contributed by atoms with E-state index in [2.05, 4.69) is 22.6 Å². The van der Waals surface area contributed by atoms with Gasteiger partial charge in [-0.05, 0) is 76.3 Å². The Hall–Kier alpha value is -2.26. The van der Waals surface area contributed by atoms with Crippen molar-refractivity contribution in [1.82, 2.24) is 9.80 Å². The quantitative estimate of drug-likeness (QED) is 0.284. The summed E-state index contributed by atoms with van der Waals surface area (Å²) in [5, 5.41) is 0.196. The predicted molar refractivity (Wildman–Crippen MR) is 116 cm³/mol. The van der Waals surface area contributed by atoms with E-state index >= 15 is 0 Å². The molecule has 138 valence electrons. The van der Waals surface area contributed by atoms with Crippen molar-refractivity contribution >= 4 is 57.8 Å². The molecule has 2 amide bonds. The molecule has 0 spiro atoms. The first-order chi connectivity index (χ1) is 12.9. The average molecular weight is 492 g/mol. The summed E-state index contributed by atoms with van der Waals surface area (Å²) >= 11 is 7.34. The molecular weight excluding hydrogens is 475 g/mol.